The highest BCUT2D eigenvalue weighted by atomic mass is 32.2. The fourth-order valence-corrected chi connectivity index (χ4v) is 5.30. The lowest BCUT2D eigenvalue weighted by Crippen LogP contribution is -2.33. The van der Waals surface area contributed by atoms with Crippen molar-refractivity contribution in [1.29, 1.82) is 0 Å². The van der Waals surface area contributed by atoms with Crippen LogP contribution in [0.25, 0.3) is 0 Å². The van der Waals surface area contributed by atoms with E-state index in [9.17, 15) is 39.9 Å². The van der Waals surface area contributed by atoms with Gasteiger partial charge in [-0.05, 0) is 30.3 Å². The molecule has 0 spiro atoms. The molecule has 0 aromatic heterocycles. The molecule has 0 saturated heterocycles. The molecule has 2 unspecified atom stereocenters. The summed E-state index contributed by atoms with van der Waals surface area (Å²) in [4.78, 5) is 9.88. The molecule has 0 bridgehead atoms. The zero-order valence-electron chi connectivity index (χ0n) is 16.4. The molecule has 2 atom stereocenters. The number of carbonyl (C=O) groups is 1. The van der Waals surface area contributed by atoms with E-state index in [1.165, 1.54) is 11.8 Å². The number of sulfone groups is 1. The van der Waals surface area contributed by atoms with Crippen molar-refractivity contribution in [3.8, 4) is 0 Å². The van der Waals surface area contributed by atoms with Crippen LogP contribution >= 0.6 is 11.8 Å². The maximum absolute atomic E-state index is 13.2. The van der Waals surface area contributed by atoms with Crippen LogP contribution in [0.4, 0.5) is 18.9 Å². The number of hydrogen-bond acceptors (Lipinski definition) is 7. The molecule has 0 aliphatic carbocycles. The number of benzene rings is 2. The monoisotopic (exact) mass is 512 g/mol. The summed E-state index contributed by atoms with van der Waals surface area (Å²) >= 11 is 1.23. The number of nitrogens with one attached hydrogen (secondary N) is 1. The molecule has 0 amide bonds. The SMILES string of the molecule is CC(Sc1ccccc1)C(CC(=O)O)Nc1ccc(S(N)(=O)=O)cc1S(=O)(=O)C(F)(F)F. The quantitative estimate of drug-likeness (QED) is 0.435. The maximum atomic E-state index is 13.2. The van der Waals surface area contributed by atoms with Crippen molar-refractivity contribution in [2.24, 2.45) is 5.14 Å². The maximum Gasteiger partial charge on any atom is 0.501 e. The van der Waals surface area contributed by atoms with Crippen molar-refractivity contribution >= 4 is 43.3 Å². The van der Waals surface area contributed by atoms with Crippen LogP contribution in [0.3, 0.4) is 0 Å². The Morgan fingerprint density at radius 3 is 2.22 bits per heavy atom. The Labute approximate surface area is 187 Å². The topological polar surface area (TPSA) is 144 Å². The third-order valence-electron chi connectivity index (χ3n) is 4.24. The van der Waals surface area contributed by atoms with Gasteiger partial charge in [-0.3, -0.25) is 4.79 Å². The second-order valence-corrected chi connectivity index (χ2v) is 11.6. The van der Waals surface area contributed by atoms with Crippen LogP contribution < -0.4 is 10.5 Å². The number of halogens is 3. The number of thioether (sulfide) groups is 1. The largest absolute Gasteiger partial charge is 0.501 e. The summed E-state index contributed by atoms with van der Waals surface area (Å²) in [6.45, 7) is 1.62. The van der Waals surface area contributed by atoms with E-state index >= 15 is 0 Å². The van der Waals surface area contributed by atoms with Crippen molar-refractivity contribution in [3.05, 3.63) is 48.5 Å². The number of nitrogens with two attached hydrogens (primary N) is 1. The van der Waals surface area contributed by atoms with E-state index in [4.69, 9.17) is 5.14 Å². The zero-order valence-corrected chi connectivity index (χ0v) is 18.9. The Hall–Kier alpha value is -2.29. The highest BCUT2D eigenvalue weighted by molar-refractivity contribution is 8.00. The average molecular weight is 513 g/mol. The molecule has 0 aliphatic heterocycles. The van der Waals surface area contributed by atoms with Gasteiger partial charge in [0, 0.05) is 16.2 Å². The predicted molar refractivity (Wildman–Crippen MR) is 112 cm³/mol. The molecule has 4 N–H and O–H groups in total. The lowest BCUT2D eigenvalue weighted by Gasteiger charge is -2.26. The van der Waals surface area contributed by atoms with Crippen molar-refractivity contribution in [2.45, 2.75) is 44.8 Å². The number of aliphatic carboxylic acids is 1. The molecule has 0 saturated carbocycles. The molecule has 8 nitrogen and oxygen atoms in total. The van der Waals surface area contributed by atoms with Crippen LogP contribution in [0.5, 0.6) is 0 Å². The first-order valence-corrected chi connectivity index (χ1v) is 12.7. The van der Waals surface area contributed by atoms with E-state index in [0.29, 0.717) is 6.07 Å². The number of alkyl halides is 3. The number of carboxylic acid groups (broad SMARTS) is 1. The molecule has 0 radical (unpaired) electrons. The Morgan fingerprint density at radius 1 is 1.12 bits per heavy atom. The third-order valence-corrected chi connectivity index (χ3v) is 7.92. The van der Waals surface area contributed by atoms with Gasteiger partial charge in [-0.2, -0.15) is 13.2 Å². The van der Waals surface area contributed by atoms with Crippen molar-refractivity contribution in [2.75, 3.05) is 5.32 Å². The van der Waals surface area contributed by atoms with Crippen molar-refractivity contribution in [3.63, 3.8) is 0 Å². The molecular weight excluding hydrogens is 493 g/mol. The fourth-order valence-electron chi connectivity index (χ4n) is 2.66. The first-order valence-electron chi connectivity index (χ1n) is 8.81. The Kier molecular flexibility index (Phi) is 7.86. The lowest BCUT2D eigenvalue weighted by molar-refractivity contribution is -0.137. The smallest absolute Gasteiger partial charge is 0.481 e. The van der Waals surface area contributed by atoms with Gasteiger partial charge in [0.1, 0.15) is 4.90 Å². The van der Waals surface area contributed by atoms with Crippen LogP contribution in [0.1, 0.15) is 13.3 Å². The summed E-state index contributed by atoms with van der Waals surface area (Å²) in [5.74, 6) is -1.27. The van der Waals surface area contributed by atoms with E-state index in [-0.39, 0.29) is 0 Å². The number of anilines is 1. The van der Waals surface area contributed by atoms with Gasteiger partial charge in [0.2, 0.25) is 10.0 Å². The first kappa shape index (κ1) is 26.0. The average Bonchev–Trinajstić information content (AvgIpc) is 2.66. The second kappa shape index (κ2) is 9.68. The highest BCUT2D eigenvalue weighted by Crippen LogP contribution is 2.37. The third kappa shape index (κ3) is 6.37. The van der Waals surface area contributed by atoms with E-state index in [2.05, 4.69) is 5.32 Å². The molecule has 14 heteroatoms. The molecule has 2 aromatic rings. The van der Waals surface area contributed by atoms with E-state index in [1.807, 2.05) is 0 Å². The normalized spacial score (nSPS) is 14.5. The standard InChI is InChI=1S/C18H19F3N2O6S3/c1-11(30-12-5-3-2-4-6-12)15(10-17(24)25)23-14-8-7-13(32(22,28)29)9-16(14)31(26,27)18(19,20)21/h2-9,11,15,23H,10H2,1H3,(H,24,25)(H2,22,28,29). The number of carboxylic acids is 1. The predicted octanol–water partition coefficient (Wildman–Crippen LogP) is 3.06. The van der Waals surface area contributed by atoms with Crippen LogP contribution in [0.2, 0.25) is 0 Å². The molecule has 0 fully saturated rings. The Bertz CT molecular complexity index is 1190. The molecule has 2 aromatic carbocycles. The van der Waals surface area contributed by atoms with Crippen LogP contribution in [0.15, 0.2) is 63.2 Å². The van der Waals surface area contributed by atoms with Crippen LogP contribution in [-0.4, -0.2) is 44.7 Å². The van der Waals surface area contributed by atoms with Crippen molar-refractivity contribution < 1.29 is 39.9 Å². The molecule has 0 heterocycles. The van der Waals surface area contributed by atoms with Gasteiger partial charge in [0.25, 0.3) is 9.84 Å². The zero-order chi connectivity index (χ0) is 24.3. The number of sulfonamides is 1. The first-order chi connectivity index (χ1) is 14.6. The van der Waals surface area contributed by atoms with Gasteiger partial charge in [0.05, 0.1) is 17.0 Å². The van der Waals surface area contributed by atoms with Gasteiger partial charge in [-0.1, -0.05) is 25.1 Å². The summed E-state index contributed by atoms with van der Waals surface area (Å²) in [6, 6.07) is 9.69. The van der Waals surface area contributed by atoms with Gasteiger partial charge in [0.15, 0.2) is 0 Å². The second-order valence-electron chi connectivity index (χ2n) is 6.64. The minimum atomic E-state index is -5.99. The number of primary sulfonamides is 1. The molecule has 32 heavy (non-hydrogen) atoms. The highest BCUT2D eigenvalue weighted by Gasteiger charge is 2.48. The molecular formula is C18H19F3N2O6S3. The van der Waals surface area contributed by atoms with Gasteiger partial charge in [-0.15, -0.1) is 11.8 Å². The summed E-state index contributed by atoms with van der Waals surface area (Å²) in [7, 11) is -10.5. The van der Waals surface area contributed by atoms with Crippen molar-refractivity contribution in [1.82, 2.24) is 0 Å². The number of hydrogen-bond donors (Lipinski definition) is 3. The Morgan fingerprint density at radius 2 is 1.72 bits per heavy atom. The molecule has 176 valence electrons. The van der Waals surface area contributed by atoms with E-state index in [0.717, 1.165) is 17.0 Å². The lowest BCUT2D eigenvalue weighted by atomic mass is 10.1. The van der Waals surface area contributed by atoms with E-state index < -0.39 is 64.5 Å². The minimum Gasteiger partial charge on any atom is -0.481 e. The Balaban J connectivity index is 2.53. The van der Waals surface area contributed by atoms with Crippen LogP contribution in [0, 0.1) is 0 Å². The minimum absolute atomic E-state index is 0.299. The summed E-state index contributed by atoms with van der Waals surface area (Å²) in [5, 5.41) is 16.2. The fraction of sp³-hybridized carbons (Fsp3) is 0.278. The summed E-state index contributed by atoms with van der Waals surface area (Å²) in [6.07, 6.45) is -0.552. The molecule has 0 aliphatic rings. The summed E-state index contributed by atoms with van der Waals surface area (Å²) in [5.41, 5.74) is -6.32. The van der Waals surface area contributed by atoms with Gasteiger partial charge < -0.3 is 10.4 Å². The summed E-state index contributed by atoms with van der Waals surface area (Å²) < 4.78 is 87.0. The van der Waals surface area contributed by atoms with E-state index in [1.54, 1.807) is 37.3 Å². The number of rotatable bonds is 9. The molecule has 2 rings (SSSR count). The van der Waals surface area contributed by atoms with Gasteiger partial charge >= 0.3 is 11.5 Å². The van der Waals surface area contributed by atoms with Crippen LogP contribution in [-0.2, 0) is 24.7 Å². The van der Waals surface area contributed by atoms with Gasteiger partial charge in [-0.25, -0.2) is 22.0 Å².